The van der Waals surface area contributed by atoms with Gasteiger partial charge in [0.15, 0.2) is 0 Å². The van der Waals surface area contributed by atoms with Crippen LogP contribution in [0.5, 0.6) is 0 Å². The number of aryl methyl sites for hydroxylation is 2. The summed E-state index contributed by atoms with van der Waals surface area (Å²) in [6.45, 7) is 6.81. The Hall–Kier alpha value is -3.19. The maximum atomic E-state index is 13.2. The number of nitrogens with zero attached hydrogens (tertiary/aromatic N) is 4. The second-order valence-corrected chi connectivity index (χ2v) is 8.90. The standard InChI is InChI=1S/C24H23FN4OS/c1-16-5-3-4-6-21(16)29-24-20(17(2)26-29)15-22(31-24)23(30)28-13-11-27(12-14-28)19-9-7-18(25)8-10-19/h3-10,15H,11-14H2,1-2H3. The molecule has 4 aromatic rings. The number of hydrogen-bond acceptors (Lipinski definition) is 4. The van der Waals surface area contributed by atoms with Crippen LogP contribution < -0.4 is 4.90 Å². The van der Waals surface area contributed by atoms with Crippen LogP contribution in [0.4, 0.5) is 10.1 Å². The van der Waals surface area contributed by atoms with Crippen LogP contribution in [0, 0.1) is 19.7 Å². The number of amides is 1. The number of aromatic nitrogens is 2. The second-order valence-electron chi connectivity index (χ2n) is 7.87. The third kappa shape index (κ3) is 3.59. The Kier molecular flexibility index (Phi) is 4.98. The van der Waals surface area contributed by atoms with Crippen molar-refractivity contribution < 1.29 is 9.18 Å². The first kappa shape index (κ1) is 19.8. The maximum Gasteiger partial charge on any atom is 0.264 e. The lowest BCUT2D eigenvalue weighted by molar-refractivity contribution is 0.0751. The van der Waals surface area contributed by atoms with Gasteiger partial charge < -0.3 is 9.80 Å². The van der Waals surface area contributed by atoms with E-state index >= 15 is 0 Å². The molecule has 0 aliphatic carbocycles. The Morgan fingerprint density at radius 1 is 1.00 bits per heavy atom. The highest BCUT2D eigenvalue weighted by atomic mass is 32.1. The number of rotatable bonds is 3. The van der Waals surface area contributed by atoms with Crippen LogP contribution in [0.15, 0.2) is 54.6 Å². The molecule has 1 aliphatic heterocycles. The van der Waals surface area contributed by atoms with Gasteiger partial charge in [0.25, 0.3) is 5.91 Å². The van der Waals surface area contributed by atoms with Crippen LogP contribution in [-0.2, 0) is 0 Å². The second kappa shape index (κ2) is 7.81. The zero-order valence-electron chi connectivity index (χ0n) is 17.5. The Bertz CT molecular complexity index is 1250. The minimum Gasteiger partial charge on any atom is -0.368 e. The van der Waals surface area contributed by atoms with Crippen molar-refractivity contribution in [3.05, 3.63) is 76.5 Å². The minimum atomic E-state index is -0.234. The van der Waals surface area contributed by atoms with Gasteiger partial charge in [0, 0.05) is 37.3 Å². The van der Waals surface area contributed by atoms with Crippen LogP contribution in [0.1, 0.15) is 20.9 Å². The summed E-state index contributed by atoms with van der Waals surface area (Å²) in [4.78, 5) is 19.1. The summed E-state index contributed by atoms with van der Waals surface area (Å²) in [5.74, 6) is -0.169. The molecule has 1 aliphatic rings. The summed E-state index contributed by atoms with van der Waals surface area (Å²) in [6, 6.07) is 16.7. The Morgan fingerprint density at radius 3 is 2.42 bits per heavy atom. The number of piperazine rings is 1. The summed E-state index contributed by atoms with van der Waals surface area (Å²) in [5, 5.41) is 5.74. The Labute approximate surface area is 184 Å². The molecule has 31 heavy (non-hydrogen) atoms. The minimum absolute atomic E-state index is 0.0655. The van der Waals surface area contributed by atoms with Crippen LogP contribution in [0.3, 0.4) is 0 Å². The molecular formula is C24H23FN4OS. The molecule has 0 bridgehead atoms. The average Bonchev–Trinajstić information content (AvgIpc) is 3.35. The fourth-order valence-corrected chi connectivity index (χ4v) is 5.24. The molecule has 0 saturated carbocycles. The first-order valence-electron chi connectivity index (χ1n) is 10.4. The van der Waals surface area contributed by atoms with E-state index in [1.807, 2.05) is 34.7 Å². The maximum absolute atomic E-state index is 13.2. The first-order valence-corrected chi connectivity index (χ1v) is 11.2. The molecule has 7 heteroatoms. The third-order valence-electron chi connectivity index (χ3n) is 5.86. The van der Waals surface area contributed by atoms with Crippen molar-refractivity contribution in [2.75, 3.05) is 31.1 Å². The third-order valence-corrected chi connectivity index (χ3v) is 6.96. The van der Waals surface area contributed by atoms with Gasteiger partial charge in [0.1, 0.15) is 10.6 Å². The molecule has 3 heterocycles. The number of thiophene rings is 1. The summed E-state index contributed by atoms with van der Waals surface area (Å²) in [5.41, 5.74) is 4.10. The zero-order chi connectivity index (χ0) is 21.5. The first-order chi connectivity index (χ1) is 15.0. The number of para-hydroxylation sites is 1. The molecule has 0 atom stereocenters. The van der Waals surface area contributed by atoms with Gasteiger partial charge in [-0.3, -0.25) is 4.79 Å². The van der Waals surface area contributed by atoms with Gasteiger partial charge >= 0.3 is 0 Å². The van der Waals surface area contributed by atoms with Crippen LogP contribution in [0.2, 0.25) is 0 Å². The van der Waals surface area contributed by atoms with E-state index in [9.17, 15) is 9.18 Å². The molecule has 0 spiro atoms. The van der Waals surface area contributed by atoms with E-state index < -0.39 is 0 Å². The summed E-state index contributed by atoms with van der Waals surface area (Å²) >= 11 is 1.50. The predicted octanol–water partition coefficient (Wildman–Crippen LogP) is 4.81. The molecule has 1 fully saturated rings. The average molecular weight is 435 g/mol. The van der Waals surface area contributed by atoms with E-state index in [1.165, 1.54) is 23.5 Å². The van der Waals surface area contributed by atoms with E-state index in [4.69, 9.17) is 5.10 Å². The molecular weight excluding hydrogens is 411 g/mol. The Morgan fingerprint density at radius 2 is 1.71 bits per heavy atom. The fourth-order valence-electron chi connectivity index (χ4n) is 4.09. The van der Waals surface area contributed by atoms with Crippen LogP contribution in [0.25, 0.3) is 15.9 Å². The largest absolute Gasteiger partial charge is 0.368 e. The number of carbonyl (C=O) groups is 1. The quantitative estimate of drug-likeness (QED) is 0.465. The molecule has 2 aromatic carbocycles. The number of halogens is 1. The lowest BCUT2D eigenvalue weighted by atomic mass is 10.2. The molecule has 0 unspecified atom stereocenters. The predicted molar refractivity (Wildman–Crippen MR) is 123 cm³/mol. The van der Waals surface area contributed by atoms with Crippen LogP contribution in [-0.4, -0.2) is 46.8 Å². The molecule has 1 saturated heterocycles. The summed E-state index contributed by atoms with van der Waals surface area (Å²) < 4.78 is 15.1. The number of fused-ring (bicyclic) bond motifs is 1. The van der Waals surface area contributed by atoms with Crippen molar-refractivity contribution >= 4 is 33.1 Å². The molecule has 158 valence electrons. The number of carbonyl (C=O) groups excluding carboxylic acids is 1. The van der Waals surface area contributed by atoms with E-state index in [1.54, 1.807) is 12.1 Å². The highest BCUT2D eigenvalue weighted by Gasteiger charge is 2.25. The van der Waals surface area contributed by atoms with Gasteiger partial charge in [0.05, 0.1) is 16.3 Å². The fraction of sp³-hybridized carbons (Fsp3) is 0.250. The lowest BCUT2D eigenvalue weighted by Gasteiger charge is -2.36. The van der Waals surface area contributed by atoms with Crippen LogP contribution >= 0.6 is 11.3 Å². The molecule has 0 N–H and O–H groups in total. The number of anilines is 1. The van der Waals surface area contributed by atoms with Gasteiger partial charge in [-0.15, -0.1) is 11.3 Å². The van der Waals surface area contributed by atoms with Gasteiger partial charge in [-0.25, -0.2) is 9.07 Å². The lowest BCUT2D eigenvalue weighted by Crippen LogP contribution is -2.48. The number of hydrogen-bond donors (Lipinski definition) is 0. The molecule has 5 nitrogen and oxygen atoms in total. The highest BCUT2D eigenvalue weighted by molar-refractivity contribution is 7.20. The van der Waals surface area contributed by atoms with Gasteiger partial charge in [-0.05, 0) is 55.8 Å². The van der Waals surface area contributed by atoms with Crippen molar-refractivity contribution in [3.63, 3.8) is 0 Å². The molecule has 1 amide bonds. The summed E-state index contributed by atoms with van der Waals surface area (Å²) in [6.07, 6.45) is 0. The summed E-state index contributed by atoms with van der Waals surface area (Å²) in [7, 11) is 0. The van der Waals surface area contributed by atoms with Crippen molar-refractivity contribution in [2.45, 2.75) is 13.8 Å². The SMILES string of the molecule is Cc1ccccc1-n1nc(C)c2cc(C(=O)N3CCN(c4ccc(F)cc4)CC3)sc21. The molecule has 0 radical (unpaired) electrons. The highest BCUT2D eigenvalue weighted by Crippen LogP contribution is 2.32. The van der Waals surface area contributed by atoms with Crippen molar-refractivity contribution in [2.24, 2.45) is 0 Å². The monoisotopic (exact) mass is 434 g/mol. The van der Waals surface area contributed by atoms with Crippen molar-refractivity contribution in [3.8, 4) is 5.69 Å². The van der Waals surface area contributed by atoms with E-state index in [0.717, 1.165) is 50.8 Å². The van der Waals surface area contributed by atoms with Crippen molar-refractivity contribution in [1.29, 1.82) is 0 Å². The molecule has 5 rings (SSSR count). The Balaban J connectivity index is 1.37. The number of benzene rings is 2. The van der Waals surface area contributed by atoms with E-state index in [2.05, 4.69) is 24.0 Å². The van der Waals surface area contributed by atoms with E-state index in [0.29, 0.717) is 13.1 Å². The molecule has 2 aromatic heterocycles. The zero-order valence-corrected chi connectivity index (χ0v) is 18.3. The normalized spacial score (nSPS) is 14.4. The van der Waals surface area contributed by atoms with E-state index in [-0.39, 0.29) is 11.7 Å². The smallest absolute Gasteiger partial charge is 0.264 e. The van der Waals surface area contributed by atoms with Gasteiger partial charge in [0.2, 0.25) is 0 Å². The van der Waals surface area contributed by atoms with Gasteiger partial charge in [-0.1, -0.05) is 18.2 Å². The topological polar surface area (TPSA) is 41.4 Å². The van der Waals surface area contributed by atoms with Gasteiger partial charge in [-0.2, -0.15) is 5.10 Å². The van der Waals surface area contributed by atoms with Crippen molar-refractivity contribution in [1.82, 2.24) is 14.7 Å².